The van der Waals surface area contributed by atoms with E-state index in [1.807, 2.05) is 146 Å². The van der Waals surface area contributed by atoms with E-state index in [0.717, 1.165) is 41.5 Å². The van der Waals surface area contributed by atoms with Gasteiger partial charge in [-0.1, -0.05) is 373 Å². The SMILES string of the molecule is C=CCO[C@H]1[C@H](n2cnc3c(=O)[nH]c(N)nc32)O[C@H](C(O)[Si](c2ccccc2)(c2ccccc2)C(C)(C)C)[C@]1(O)[Si](c1ccccc1)(c1ccccc1)C(C)(C)C.CC(C)(C)[Si](c1ccccc1)(c1ccccc1)C(O)[C@H]1O[C@@H](n2cnc3c(=O)[nH]c(N)nc32)[C@H](OCCO)[C@@]1(O)[Si](c1ccccc1)(c1ccccc1)C(C)(C)C. The Morgan fingerprint density at radius 1 is 0.456 bits per heavy atom. The Bertz CT molecular complexity index is 5240. The second-order valence-corrected chi connectivity index (χ2v) is 53.7. The first kappa shape index (κ1) is 82.3. The summed E-state index contributed by atoms with van der Waals surface area (Å²) in [7, 11) is -14.6. The van der Waals surface area contributed by atoms with Gasteiger partial charge in [-0.25, -0.2) is 9.97 Å². The van der Waals surface area contributed by atoms with Gasteiger partial charge in [-0.3, -0.25) is 28.7 Å². The smallest absolute Gasteiger partial charge is 0.280 e. The first-order valence-electron chi connectivity index (χ1n) is 38.8. The third-order valence-corrected chi connectivity index (χ3v) is 49.0. The van der Waals surface area contributed by atoms with Gasteiger partial charge in [-0.2, -0.15) is 9.97 Å². The molecule has 2 aliphatic heterocycles. The van der Waals surface area contributed by atoms with Gasteiger partial charge in [0.15, 0.2) is 67.1 Å². The van der Waals surface area contributed by atoms with Gasteiger partial charge in [0.25, 0.3) is 11.1 Å². The third-order valence-electron chi connectivity index (χ3n) is 24.1. The van der Waals surface area contributed by atoms with Gasteiger partial charge in [0.1, 0.15) is 34.9 Å². The van der Waals surface area contributed by atoms with Gasteiger partial charge in [-0.05, 0) is 20.2 Å². The Labute approximate surface area is 669 Å². The summed E-state index contributed by atoms with van der Waals surface area (Å²) >= 11 is 0. The molecule has 2 saturated heterocycles. The molecule has 0 amide bonds. The number of H-pyrrole nitrogens is 2. The summed E-state index contributed by atoms with van der Waals surface area (Å²) in [5.41, 5.74) is 9.00. The molecule has 6 heterocycles. The fourth-order valence-corrected chi connectivity index (χ4v) is 46.0. The number of hydrogen-bond donors (Lipinski definition) is 9. The fourth-order valence-electron chi connectivity index (χ4n) is 20.2. The van der Waals surface area contributed by atoms with Crippen molar-refractivity contribution in [3.8, 4) is 0 Å². The molecule has 0 aliphatic carbocycles. The number of ether oxygens (including phenoxy) is 4. The Balaban J connectivity index is 0.000000199. The third kappa shape index (κ3) is 13.2. The Kier molecular flexibility index (Phi) is 23.0. The molecule has 12 aromatic rings. The van der Waals surface area contributed by atoms with Crippen LogP contribution in [0.4, 0.5) is 11.9 Å². The Hall–Kier alpha value is -9.69. The van der Waals surface area contributed by atoms with Crippen molar-refractivity contribution in [2.24, 2.45) is 0 Å². The molecule has 11 N–H and O–H groups in total. The molecule has 2 unspecified atom stereocenters. The topological polar surface area (TPSA) is 317 Å². The second kappa shape index (κ2) is 31.8. The molecule has 0 saturated carbocycles. The summed E-state index contributed by atoms with van der Waals surface area (Å²) in [6, 6.07) is 80.8. The summed E-state index contributed by atoms with van der Waals surface area (Å²) in [6.45, 7) is 29.4. The van der Waals surface area contributed by atoms with Crippen LogP contribution in [0, 0.1) is 0 Å². The van der Waals surface area contributed by atoms with Crippen molar-refractivity contribution in [1.29, 1.82) is 0 Å². The maximum atomic E-state index is 14.9. The first-order valence-corrected chi connectivity index (χ1v) is 46.9. The Morgan fingerprint density at radius 3 is 0.965 bits per heavy atom. The number of nitrogens with one attached hydrogen (secondary N) is 2. The first-order chi connectivity index (χ1) is 54.3. The second-order valence-electron chi connectivity index (χ2n) is 34.1. The van der Waals surface area contributed by atoms with E-state index in [-0.39, 0.29) is 54.0 Å². The molecular weight excluding hydrogens is 1500 g/mol. The lowest BCUT2D eigenvalue weighted by Gasteiger charge is -2.58. The highest BCUT2D eigenvalue weighted by atomic mass is 28.3. The van der Waals surface area contributed by atoms with Crippen LogP contribution in [0.25, 0.3) is 22.3 Å². The molecule has 21 nitrogen and oxygen atoms in total. The monoisotopic (exact) mass is 1600 g/mol. The number of aromatic amines is 2. The number of hydrogen-bond acceptors (Lipinski definition) is 17. The number of aliphatic hydroxyl groups excluding tert-OH is 3. The number of rotatable bonds is 22. The van der Waals surface area contributed by atoms with E-state index < -0.39 is 122 Å². The maximum absolute atomic E-state index is 14.9. The van der Waals surface area contributed by atoms with Crippen molar-refractivity contribution in [2.75, 3.05) is 31.3 Å². The van der Waals surface area contributed by atoms with Crippen LogP contribution in [-0.2, 0) is 18.9 Å². The summed E-state index contributed by atoms with van der Waals surface area (Å²) in [5.74, 6) is -0.215. The lowest BCUT2D eigenvalue weighted by molar-refractivity contribution is -0.0839. The van der Waals surface area contributed by atoms with Gasteiger partial charge < -0.3 is 55.9 Å². The van der Waals surface area contributed by atoms with E-state index in [4.69, 9.17) is 30.4 Å². The Morgan fingerprint density at radius 2 is 0.719 bits per heavy atom. The van der Waals surface area contributed by atoms with E-state index >= 15 is 0 Å². The number of nitrogen functional groups attached to an aromatic ring is 2. The lowest BCUT2D eigenvalue weighted by atomic mass is 10.1. The van der Waals surface area contributed by atoms with Crippen molar-refractivity contribution < 1.29 is 44.5 Å². The van der Waals surface area contributed by atoms with Gasteiger partial charge in [0.2, 0.25) is 11.9 Å². The van der Waals surface area contributed by atoms with Crippen LogP contribution in [0.15, 0.2) is 278 Å². The summed E-state index contributed by atoms with van der Waals surface area (Å²) in [4.78, 5) is 49.3. The highest BCUT2D eigenvalue weighted by Gasteiger charge is 2.78. The van der Waals surface area contributed by atoms with E-state index in [9.17, 15) is 35.1 Å². The summed E-state index contributed by atoms with van der Waals surface area (Å²) in [5, 5.41) is 69.5. The molecular formula is C89H106N10O11Si4. The van der Waals surface area contributed by atoms with Crippen LogP contribution in [0.5, 0.6) is 0 Å². The number of anilines is 2. The minimum Gasteiger partial charge on any atom is -0.394 e. The van der Waals surface area contributed by atoms with Gasteiger partial charge >= 0.3 is 0 Å². The van der Waals surface area contributed by atoms with Crippen LogP contribution in [-0.4, -0.2) is 163 Å². The molecule has 0 spiro atoms. The van der Waals surface area contributed by atoms with Gasteiger partial charge in [0.05, 0.1) is 43.9 Å². The molecule has 0 bridgehead atoms. The minimum absolute atomic E-state index is 0.0266. The summed E-state index contributed by atoms with van der Waals surface area (Å²) < 4.78 is 31.6. The van der Waals surface area contributed by atoms with Crippen LogP contribution in [0.1, 0.15) is 95.5 Å². The lowest BCUT2D eigenvalue weighted by Crippen LogP contribution is -2.86. The number of nitrogens with two attached hydrogens (primary N) is 2. The van der Waals surface area contributed by atoms with Gasteiger partial charge in [-0.15, -0.1) is 6.58 Å². The molecule has 2 aliphatic rings. The molecule has 594 valence electrons. The van der Waals surface area contributed by atoms with Crippen molar-refractivity contribution >= 4 is 108 Å². The van der Waals surface area contributed by atoms with Crippen LogP contribution in [0.3, 0.4) is 0 Å². The van der Waals surface area contributed by atoms with Crippen molar-refractivity contribution in [3.05, 3.63) is 289 Å². The molecule has 4 aromatic heterocycles. The van der Waals surface area contributed by atoms with Crippen LogP contribution >= 0.6 is 0 Å². The number of fused-ring (bicyclic) bond motifs is 2. The standard InChI is InChI=1S/C45H53N5O5Si2.C44H53N5O6Si2/c1-8-29-54-36-40(50-30-47-35-38(50)48-42(46)49-39(35)51)55-37(41(52)56(43(2,3)4,31-21-13-9-14-22-31)32-23-15-10-16-24-32)45(36,53)57(44(5,6)7,33-25-17-11-18-26-33)34-27-19-12-20-28-34;1-42(2,3)56(30-19-11-7-12-20-30,31-21-13-8-14-22-31)40(52)36-44(53,57(43(4,5)6,32-23-15-9-16-24-32)33-25-17-10-18-26-33)35(54-28-27-50)39(55-36)49-29-46-34-37(49)47-41(45)48-38(34)51/h8-28,30,36-37,40-41,52-53H,1,29H2,2-7H3,(H3,46,48,49,51);7-26,29,35-36,39-40,50,52-53H,27-28H2,1-6H3,(H3,45,47,48,51)/t36-,37+,40+,41?,45+;35-,36+,39+,40?,44+/m00/s1. The molecule has 14 rings (SSSR count). The molecule has 114 heavy (non-hydrogen) atoms. The van der Waals surface area contributed by atoms with E-state index in [0.29, 0.717) is 0 Å². The molecule has 0 radical (unpaired) electrons. The van der Waals surface area contributed by atoms with E-state index in [2.05, 4.69) is 217 Å². The molecule has 2 fully saturated rings. The average Bonchev–Trinajstić information content (AvgIpc) is 1.38. The number of imidazole rings is 2. The fraction of sp³-hybridized carbons (Fsp3) is 0.326. The maximum Gasteiger partial charge on any atom is 0.280 e. The van der Waals surface area contributed by atoms with Gasteiger partial charge in [0, 0.05) is 0 Å². The number of nitrogens with zero attached hydrogens (tertiary/aromatic N) is 6. The number of benzene rings is 8. The molecule has 10 atom stereocenters. The zero-order valence-corrected chi connectivity index (χ0v) is 70.8. The van der Waals surface area contributed by atoms with Crippen molar-refractivity contribution in [1.82, 2.24) is 39.0 Å². The number of aliphatic hydroxyl groups is 5. The molecule has 8 aromatic carbocycles. The predicted molar refractivity (Wildman–Crippen MR) is 462 cm³/mol. The summed E-state index contributed by atoms with van der Waals surface area (Å²) in [6.07, 6.45) is -2.75. The van der Waals surface area contributed by atoms with E-state index in [1.165, 1.54) is 12.7 Å². The zero-order chi connectivity index (χ0) is 81.6. The molecule has 25 heteroatoms. The van der Waals surface area contributed by atoms with Crippen molar-refractivity contribution in [2.45, 2.75) is 162 Å². The highest BCUT2D eigenvalue weighted by molar-refractivity contribution is 7.09. The predicted octanol–water partition coefficient (Wildman–Crippen LogP) is 7.74. The largest absolute Gasteiger partial charge is 0.394 e. The normalized spacial score (nSPS) is 21.1. The number of aromatic nitrogens is 8. The minimum atomic E-state index is -3.82. The van der Waals surface area contributed by atoms with E-state index in [1.54, 1.807) is 15.2 Å². The van der Waals surface area contributed by atoms with Crippen LogP contribution in [0.2, 0.25) is 20.2 Å². The average molecular weight is 1600 g/mol. The quantitative estimate of drug-likeness (QED) is 0.0231. The zero-order valence-electron chi connectivity index (χ0n) is 66.8. The van der Waals surface area contributed by atoms with Crippen LogP contribution < -0.4 is 64.1 Å². The van der Waals surface area contributed by atoms with Crippen molar-refractivity contribution in [3.63, 3.8) is 0 Å². The highest BCUT2D eigenvalue weighted by Crippen LogP contribution is 2.58.